The van der Waals surface area contributed by atoms with Gasteiger partial charge >= 0.3 is 5.97 Å². The van der Waals surface area contributed by atoms with Gasteiger partial charge in [-0.3, -0.25) is 10.6 Å². The van der Waals surface area contributed by atoms with Crippen LogP contribution in [0.25, 0.3) is 21.6 Å². The van der Waals surface area contributed by atoms with Crippen molar-refractivity contribution in [3.63, 3.8) is 0 Å². The fourth-order valence-electron chi connectivity index (χ4n) is 3.67. The van der Waals surface area contributed by atoms with Crippen LogP contribution >= 0.6 is 11.3 Å². The van der Waals surface area contributed by atoms with Gasteiger partial charge in [0.25, 0.3) is 0 Å². The van der Waals surface area contributed by atoms with Crippen LogP contribution in [0.1, 0.15) is 56.0 Å². The van der Waals surface area contributed by atoms with Gasteiger partial charge in [0.15, 0.2) is 0 Å². The number of phenolic OH excluding ortho intramolecular Hbond substituents is 1. The summed E-state index contributed by atoms with van der Waals surface area (Å²) in [6.07, 6.45) is 0.840. The first kappa shape index (κ1) is 26.8. The fourth-order valence-corrected chi connectivity index (χ4v) is 4.56. The smallest absolute Gasteiger partial charge is 0.335 e. The number of rotatable bonds is 8. The van der Waals surface area contributed by atoms with Crippen molar-refractivity contribution < 1.29 is 20.2 Å². The maximum absolute atomic E-state index is 11.4. The SMILES string of the molecule is CC.CCC(C)c1cc(C(=O)O)ccc1NN(O)c1ccc(-c2ccc(-c3ccc(O)cc3)cc2)s1. The molecular weight excluding hydrogens is 472 g/mol. The van der Waals surface area contributed by atoms with Crippen molar-refractivity contribution in [1.82, 2.24) is 0 Å². The number of carboxylic acid groups (broad SMARTS) is 1. The highest BCUT2D eigenvalue weighted by atomic mass is 32.1. The molecule has 6 nitrogen and oxygen atoms in total. The van der Waals surface area contributed by atoms with E-state index in [0.717, 1.165) is 38.7 Å². The van der Waals surface area contributed by atoms with Gasteiger partial charge in [-0.2, -0.15) is 5.17 Å². The van der Waals surface area contributed by atoms with Crippen LogP contribution < -0.4 is 10.6 Å². The first-order valence-electron chi connectivity index (χ1n) is 12.0. The highest BCUT2D eigenvalue weighted by Gasteiger charge is 2.16. The van der Waals surface area contributed by atoms with Crippen LogP contribution in [0.3, 0.4) is 0 Å². The molecule has 0 saturated heterocycles. The lowest BCUT2D eigenvalue weighted by Gasteiger charge is -2.22. The summed E-state index contributed by atoms with van der Waals surface area (Å²) in [5, 5.41) is 31.1. The van der Waals surface area contributed by atoms with Gasteiger partial charge < -0.3 is 10.2 Å². The molecule has 4 N–H and O–H groups in total. The Bertz CT molecular complexity index is 1280. The molecule has 0 aliphatic rings. The number of benzene rings is 3. The number of thiophene rings is 1. The summed E-state index contributed by atoms with van der Waals surface area (Å²) < 4.78 is 0. The zero-order valence-corrected chi connectivity index (χ0v) is 21.7. The molecule has 0 spiro atoms. The van der Waals surface area contributed by atoms with Crippen molar-refractivity contribution in [3.8, 4) is 27.3 Å². The summed E-state index contributed by atoms with van der Waals surface area (Å²) >= 11 is 1.43. The molecule has 0 saturated carbocycles. The minimum absolute atomic E-state index is 0.126. The molecule has 0 fully saturated rings. The van der Waals surface area contributed by atoms with Crippen LogP contribution in [-0.4, -0.2) is 21.4 Å². The van der Waals surface area contributed by atoms with Gasteiger partial charge in [0.1, 0.15) is 10.8 Å². The van der Waals surface area contributed by atoms with Crippen LogP contribution in [-0.2, 0) is 0 Å². The third kappa shape index (κ3) is 6.24. The van der Waals surface area contributed by atoms with Gasteiger partial charge in [-0.25, -0.2) is 4.79 Å². The minimum Gasteiger partial charge on any atom is -0.508 e. The van der Waals surface area contributed by atoms with Crippen molar-refractivity contribution in [2.75, 3.05) is 10.6 Å². The van der Waals surface area contributed by atoms with Gasteiger partial charge in [-0.05, 0) is 77.1 Å². The Morgan fingerprint density at radius 1 is 0.917 bits per heavy atom. The van der Waals surface area contributed by atoms with Gasteiger partial charge in [0, 0.05) is 4.88 Å². The van der Waals surface area contributed by atoms with Crippen molar-refractivity contribution >= 4 is 28.0 Å². The van der Waals surface area contributed by atoms with E-state index in [1.54, 1.807) is 24.3 Å². The monoisotopic (exact) mass is 504 g/mol. The lowest BCUT2D eigenvalue weighted by Crippen LogP contribution is -2.25. The van der Waals surface area contributed by atoms with E-state index in [2.05, 4.69) is 5.43 Å². The zero-order valence-electron chi connectivity index (χ0n) is 20.9. The minimum atomic E-state index is -0.976. The van der Waals surface area contributed by atoms with Crippen LogP contribution in [0.4, 0.5) is 10.7 Å². The molecule has 188 valence electrons. The van der Waals surface area contributed by atoms with Crippen LogP contribution in [0.5, 0.6) is 5.75 Å². The lowest BCUT2D eigenvalue weighted by atomic mass is 9.95. The predicted molar refractivity (Wildman–Crippen MR) is 148 cm³/mol. The maximum Gasteiger partial charge on any atom is 0.335 e. The second-order valence-electron chi connectivity index (χ2n) is 8.10. The molecule has 1 atom stereocenters. The molecule has 0 amide bonds. The molecule has 4 rings (SSSR count). The zero-order chi connectivity index (χ0) is 26.2. The second-order valence-corrected chi connectivity index (χ2v) is 9.16. The summed E-state index contributed by atoms with van der Waals surface area (Å²) in [7, 11) is 0. The quantitative estimate of drug-likeness (QED) is 0.181. The van der Waals surface area contributed by atoms with Gasteiger partial charge in [0.2, 0.25) is 0 Å². The fraction of sp³-hybridized carbons (Fsp3) is 0.207. The Morgan fingerprint density at radius 2 is 1.50 bits per heavy atom. The Balaban J connectivity index is 0.00000176. The van der Waals surface area contributed by atoms with Crippen molar-refractivity contribution in [2.45, 2.75) is 40.0 Å². The Kier molecular flexibility index (Phi) is 9.11. The van der Waals surface area contributed by atoms with E-state index in [1.807, 2.05) is 76.2 Å². The van der Waals surface area contributed by atoms with Crippen molar-refractivity contribution in [3.05, 3.63) is 90.0 Å². The molecule has 1 heterocycles. The second kappa shape index (κ2) is 12.2. The number of carboxylic acids is 1. The van der Waals surface area contributed by atoms with E-state index < -0.39 is 5.97 Å². The van der Waals surface area contributed by atoms with E-state index in [0.29, 0.717) is 10.7 Å². The summed E-state index contributed by atoms with van der Waals surface area (Å²) in [5.41, 5.74) is 7.81. The third-order valence-corrected chi connectivity index (χ3v) is 6.95. The molecular formula is C29H32N2O4S. The average molecular weight is 505 g/mol. The number of nitrogens with one attached hydrogen (secondary N) is 1. The van der Waals surface area contributed by atoms with E-state index in [1.165, 1.54) is 17.4 Å². The number of hydrogen-bond acceptors (Lipinski definition) is 6. The van der Waals surface area contributed by atoms with E-state index in [4.69, 9.17) is 0 Å². The average Bonchev–Trinajstić information content (AvgIpc) is 3.41. The number of carbonyl (C=O) groups is 1. The summed E-state index contributed by atoms with van der Waals surface area (Å²) in [6, 6.07) is 23.8. The molecule has 4 aromatic rings. The van der Waals surface area contributed by atoms with Gasteiger partial charge in [-0.15, -0.1) is 11.3 Å². The Hall–Kier alpha value is -3.81. The number of aromatic hydroxyl groups is 1. The number of nitrogens with zero attached hydrogens (tertiary/aromatic N) is 1. The molecule has 0 radical (unpaired) electrons. The molecule has 1 aromatic heterocycles. The first-order valence-corrected chi connectivity index (χ1v) is 12.8. The largest absolute Gasteiger partial charge is 0.508 e. The molecule has 0 aliphatic heterocycles. The molecule has 3 aromatic carbocycles. The van der Waals surface area contributed by atoms with Crippen LogP contribution in [0.15, 0.2) is 78.9 Å². The molecule has 0 bridgehead atoms. The summed E-state index contributed by atoms with van der Waals surface area (Å²) in [4.78, 5) is 12.4. The Labute approximate surface area is 216 Å². The third-order valence-electron chi connectivity index (χ3n) is 5.84. The highest BCUT2D eigenvalue weighted by molar-refractivity contribution is 7.19. The number of hydrogen-bond donors (Lipinski definition) is 4. The number of hydrazine groups is 1. The predicted octanol–water partition coefficient (Wildman–Crippen LogP) is 8.25. The summed E-state index contributed by atoms with van der Waals surface area (Å²) in [6.45, 7) is 8.07. The lowest BCUT2D eigenvalue weighted by molar-refractivity contribution is 0.0696. The number of anilines is 2. The van der Waals surface area contributed by atoms with Crippen molar-refractivity contribution in [1.29, 1.82) is 0 Å². The van der Waals surface area contributed by atoms with Crippen molar-refractivity contribution in [2.24, 2.45) is 0 Å². The maximum atomic E-state index is 11.4. The number of aromatic carboxylic acids is 1. The van der Waals surface area contributed by atoms with Crippen LogP contribution in [0, 0.1) is 0 Å². The standard InChI is InChI=1S/C27H26N2O4S.C2H6/c1-3-17(2)23-16-21(27(31)32)10-13-24(23)28-29(33)26-15-14-25(34-26)20-6-4-18(5-7-20)19-8-11-22(30)12-9-19;1-2/h4-17,28,30,33H,3H2,1-2H3,(H,31,32);1-2H3. The van der Waals surface area contributed by atoms with Gasteiger partial charge in [0.05, 0.1) is 11.3 Å². The van der Waals surface area contributed by atoms with E-state index in [-0.39, 0.29) is 17.2 Å². The highest BCUT2D eigenvalue weighted by Crippen LogP contribution is 2.35. The molecule has 7 heteroatoms. The number of phenols is 1. The summed E-state index contributed by atoms with van der Waals surface area (Å²) in [5.74, 6) is -0.611. The normalized spacial score (nSPS) is 11.2. The Morgan fingerprint density at radius 3 is 2.08 bits per heavy atom. The first-order chi connectivity index (χ1) is 17.4. The van der Waals surface area contributed by atoms with Crippen LogP contribution in [0.2, 0.25) is 0 Å². The molecule has 1 unspecified atom stereocenters. The molecule has 0 aliphatic carbocycles. The van der Waals surface area contributed by atoms with E-state index >= 15 is 0 Å². The topological polar surface area (TPSA) is 93.0 Å². The van der Waals surface area contributed by atoms with E-state index in [9.17, 15) is 20.2 Å². The van der Waals surface area contributed by atoms with Gasteiger partial charge in [-0.1, -0.05) is 64.1 Å². The molecule has 36 heavy (non-hydrogen) atoms.